The van der Waals surface area contributed by atoms with Crippen LogP contribution in [0.2, 0.25) is 0 Å². The average molecular weight is 193 g/mol. The number of hydrogen-bond donors (Lipinski definition) is 1. The van der Waals surface area contributed by atoms with Crippen LogP contribution in [0, 0.1) is 0 Å². The lowest BCUT2D eigenvalue weighted by Crippen LogP contribution is -2.32. The minimum Gasteiger partial charge on any atom is -0.236 e. The molecule has 1 aromatic rings. The fraction of sp³-hybridized carbons (Fsp3) is 0.250. The van der Waals surface area contributed by atoms with E-state index in [1.165, 1.54) is 24.6 Å². The van der Waals surface area contributed by atoms with Gasteiger partial charge in [-0.2, -0.15) is 8.42 Å². The van der Waals surface area contributed by atoms with Crippen molar-refractivity contribution in [3.05, 3.63) is 11.6 Å². The summed E-state index contributed by atoms with van der Waals surface area (Å²) in [5.74, 6) is 0. The van der Waals surface area contributed by atoms with Gasteiger partial charge in [0.25, 0.3) is 0 Å². The molecule has 0 spiro atoms. The molecule has 0 fully saturated rings. The first-order chi connectivity index (χ1) is 5.02. The first-order valence-electron chi connectivity index (χ1n) is 2.68. The summed E-state index contributed by atoms with van der Waals surface area (Å²) < 4.78 is 22.3. The molecule has 0 bridgehead atoms. The van der Waals surface area contributed by atoms with Crippen molar-refractivity contribution in [1.82, 2.24) is 4.98 Å². The smallest absolute Gasteiger partial charge is 0.236 e. The summed E-state index contributed by atoms with van der Waals surface area (Å²) in [6.45, 7) is 0. The Bertz CT molecular complexity index is 317. The molecule has 0 aliphatic heterocycles. The van der Waals surface area contributed by atoms with Crippen LogP contribution in [0.5, 0.6) is 0 Å². The molecule has 11 heavy (non-hydrogen) atoms. The van der Waals surface area contributed by atoms with Crippen molar-refractivity contribution in [3.63, 3.8) is 0 Å². The predicted molar refractivity (Wildman–Crippen MR) is 43.6 cm³/mol. The summed E-state index contributed by atoms with van der Waals surface area (Å²) in [5.41, 5.74) is 0. The Morgan fingerprint density at radius 3 is 2.73 bits per heavy atom. The number of nitrogens with two attached hydrogens (primary N) is 1. The molecule has 0 saturated heterocycles. The third-order valence-corrected chi connectivity index (χ3v) is 2.97. The molecule has 1 heterocycles. The summed E-state index contributed by atoms with van der Waals surface area (Å²) in [6, 6.07) is 0. The zero-order valence-corrected chi connectivity index (χ0v) is 7.39. The fourth-order valence-electron chi connectivity index (χ4n) is 0.480. The summed E-state index contributed by atoms with van der Waals surface area (Å²) in [6.07, 6.45) is 1.52. The maximum atomic E-state index is 10.7. The second kappa shape index (κ2) is 2.76. The number of hydrogen-bond acceptors (Lipinski definition) is 4. The molecule has 0 aliphatic rings. The lowest BCUT2D eigenvalue weighted by Gasteiger charge is -2.10. The third-order valence-electron chi connectivity index (χ3n) is 1.07. The van der Waals surface area contributed by atoms with Gasteiger partial charge in [-0.1, -0.05) is 0 Å². The monoisotopic (exact) mass is 193 g/mol. The van der Waals surface area contributed by atoms with Crippen LogP contribution in [0.3, 0.4) is 0 Å². The highest BCUT2D eigenvalue weighted by Crippen LogP contribution is 2.16. The molecule has 0 aliphatic carbocycles. The van der Waals surface area contributed by atoms with Crippen molar-refractivity contribution in [3.8, 4) is 0 Å². The van der Waals surface area contributed by atoms with Crippen LogP contribution in [0.4, 0.5) is 5.13 Å². The van der Waals surface area contributed by atoms with E-state index >= 15 is 0 Å². The van der Waals surface area contributed by atoms with Gasteiger partial charge in [-0.25, -0.2) is 14.4 Å². The molecule has 1 aromatic heterocycles. The Morgan fingerprint density at radius 2 is 2.36 bits per heavy atom. The highest BCUT2D eigenvalue weighted by atomic mass is 32.2. The van der Waals surface area contributed by atoms with Crippen molar-refractivity contribution in [2.75, 3.05) is 11.4 Å². The van der Waals surface area contributed by atoms with Crippen LogP contribution in [0.25, 0.3) is 0 Å². The van der Waals surface area contributed by atoms with Gasteiger partial charge < -0.3 is 0 Å². The molecule has 7 heteroatoms. The lowest BCUT2D eigenvalue weighted by atomic mass is 11.0. The zero-order valence-electron chi connectivity index (χ0n) is 5.76. The second-order valence-corrected chi connectivity index (χ2v) is 4.28. The lowest BCUT2D eigenvalue weighted by molar-refractivity contribution is 0.596. The summed E-state index contributed by atoms with van der Waals surface area (Å²) in [4.78, 5) is 3.77. The number of rotatable bonds is 2. The van der Waals surface area contributed by atoms with E-state index < -0.39 is 10.2 Å². The maximum Gasteiger partial charge on any atom is 0.300 e. The number of thiazole rings is 1. The Kier molecular flexibility index (Phi) is 2.12. The molecule has 0 atom stereocenters. The molecule has 0 radical (unpaired) electrons. The standard InChI is InChI=1S/C4H7N3O2S2/c1-7(11(5,8)9)4-6-2-3-10-4/h2-3H,1H3,(H2,5,8,9). The van der Waals surface area contributed by atoms with Crippen molar-refractivity contribution >= 4 is 26.7 Å². The molecule has 0 amide bonds. The van der Waals surface area contributed by atoms with Crippen molar-refractivity contribution in [2.45, 2.75) is 0 Å². The number of aromatic nitrogens is 1. The van der Waals surface area contributed by atoms with Crippen LogP contribution in [-0.2, 0) is 10.2 Å². The normalized spacial score (nSPS) is 11.5. The summed E-state index contributed by atoms with van der Waals surface area (Å²) >= 11 is 1.21. The molecule has 5 nitrogen and oxygen atoms in total. The van der Waals surface area contributed by atoms with Crippen LogP contribution < -0.4 is 9.44 Å². The van der Waals surface area contributed by atoms with Crippen molar-refractivity contribution in [2.24, 2.45) is 5.14 Å². The maximum absolute atomic E-state index is 10.7. The van der Waals surface area contributed by atoms with Crippen LogP contribution in [-0.4, -0.2) is 20.4 Å². The van der Waals surface area contributed by atoms with Gasteiger partial charge in [0.05, 0.1) is 0 Å². The topological polar surface area (TPSA) is 76.3 Å². The fourth-order valence-corrected chi connectivity index (χ4v) is 1.70. The molecule has 0 unspecified atom stereocenters. The van der Waals surface area contributed by atoms with Gasteiger partial charge in [0.15, 0.2) is 5.13 Å². The predicted octanol–water partition coefficient (Wildman–Crippen LogP) is -0.217. The Morgan fingerprint density at radius 1 is 1.73 bits per heavy atom. The van der Waals surface area contributed by atoms with E-state index in [1.54, 1.807) is 5.38 Å². The quantitative estimate of drug-likeness (QED) is 0.705. The van der Waals surface area contributed by atoms with Gasteiger partial charge in [0.1, 0.15) is 0 Å². The first kappa shape index (κ1) is 8.44. The van der Waals surface area contributed by atoms with E-state index in [0.29, 0.717) is 5.13 Å². The van der Waals surface area contributed by atoms with E-state index in [1.807, 2.05) is 0 Å². The second-order valence-electron chi connectivity index (χ2n) is 1.83. The van der Waals surface area contributed by atoms with Gasteiger partial charge in [-0.15, -0.1) is 11.3 Å². The minimum atomic E-state index is -3.64. The van der Waals surface area contributed by atoms with Gasteiger partial charge >= 0.3 is 10.2 Å². The number of anilines is 1. The highest BCUT2D eigenvalue weighted by Gasteiger charge is 2.13. The van der Waals surface area contributed by atoms with Gasteiger partial charge in [-0.3, -0.25) is 0 Å². The molecule has 62 valence electrons. The van der Waals surface area contributed by atoms with E-state index in [0.717, 1.165) is 4.31 Å². The first-order valence-corrected chi connectivity index (χ1v) is 5.06. The van der Waals surface area contributed by atoms with E-state index in [2.05, 4.69) is 4.98 Å². The van der Waals surface area contributed by atoms with Crippen molar-refractivity contribution in [1.29, 1.82) is 0 Å². The van der Waals surface area contributed by atoms with Crippen LogP contribution >= 0.6 is 11.3 Å². The van der Waals surface area contributed by atoms with E-state index in [9.17, 15) is 8.42 Å². The molecular weight excluding hydrogens is 186 g/mol. The van der Waals surface area contributed by atoms with Gasteiger partial charge in [0.2, 0.25) is 0 Å². The van der Waals surface area contributed by atoms with Gasteiger partial charge in [-0.05, 0) is 0 Å². The van der Waals surface area contributed by atoms with Gasteiger partial charge in [0, 0.05) is 18.6 Å². The molecule has 1 rings (SSSR count). The summed E-state index contributed by atoms with van der Waals surface area (Å²) in [5, 5.41) is 6.88. The largest absolute Gasteiger partial charge is 0.300 e. The molecule has 0 saturated carbocycles. The zero-order chi connectivity index (χ0) is 8.48. The third kappa shape index (κ3) is 1.88. The molecule has 0 aromatic carbocycles. The number of nitrogens with zero attached hydrogens (tertiary/aromatic N) is 2. The Balaban J connectivity index is 2.97. The SMILES string of the molecule is CN(c1nccs1)S(N)(=O)=O. The summed E-state index contributed by atoms with van der Waals surface area (Å²) in [7, 11) is -2.29. The molecule has 2 N–H and O–H groups in total. The van der Waals surface area contributed by atoms with E-state index in [4.69, 9.17) is 5.14 Å². The van der Waals surface area contributed by atoms with E-state index in [-0.39, 0.29) is 0 Å². The highest BCUT2D eigenvalue weighted by molar-refractivity contribution is 7.90. The average Bonchev–Trinajstić information content (AvgIpc) is 2.34. The Hall–Kier alpha value is -0.660. The van der Waals surface area contributed by atoms with Crippen molar-refractivity contribution < 1.29 is 8.42 Å². The van der Waals surface area contributed by atoms with Crippen LogP contribution in [0.15, 0.2) is 11.6 Å². The molecular formula is C4H7N3O2S2. The Labute approximate surface area is 68.7 Å². The van der Waals surface area contributed by atoms with Crippen LogP contribution in [0.1, 0.15) is 0 Å². The minimum absolute atomic E-state index is 0.368.